The van der Waals surface area contributed by atoms with Crippen molar-refractivity contribution in [2.75, 3.05) is 12.4 Å². The minimum atomic E-state index is 0.753. The molecule has 4 heteroatoms. The van der Waals surface area contributed by atoms with E-state index < -0.39 is 0 Å². The van der Waals surface area contributed by atoms with E-state index >= 15 is 0 Å². The third kappa shape index (κ3) is 3.09. The van der Waals surface area contributed by atoms with E-state index in [0.29, 0.717) is 0 Å². The number of benzene rings is 3. The monoisotopic (exact) mass is 341 g/mol. The minimum absolute atomic E-state index is 0.753. The SMILES string of the molecule is COc1ccc(-c2nnc(Nc3cccc(C)c3)c3ccccc23)cc1. The van der Waals surface area contributed by atoms with Crippen LogP contribution in [0.25, 0.3) is 22.0 Å². The molecule has 4 nitrogen and oxygen atoms in total. The number of ether oxygens (including phenoxy) is 1. The molecule has 0 atom stereocenters. The molecule has 0 saturated heterocycles. The highest BCUT2D eigenvalue weighted by atomic mass is 16.5. The highest BCUT2D eigenvalue weighted by Gasteiger charge is 2.11. The number of anilines is 2. The van der Waals surface area contributed by atoms with Crippen molar-refractivity contribution in [3.05, 3.63) is 78.4 Å². The zero-order valence-corrected chi connectivity index (χ0v) is 14.7. The maximum atomic E-state index is 5.24. The second-order valence-electron chi connectivity index (χ2n) is 6.17. The fraction of sp³-hybridized carbons (Fsp3) is 0.0909. The molecule has 0 aliphatic heterocycles. The van der Waals surface area contributed by atoms with E-state index in [0.717, 1.165) is 39.3 Å². The highest BCUT2D eigenvalue weighted by Crippen LogP contribution is 2.31. The number of rotatable bonds is 4. The molecule has 0 aliphatic rings. The number of methoxy groups -OCH3 is 1. The van der Waals surface area contributed by atoms with Gasteiger partial charge in [-0.15, -0.1) is 10.2 Å². The van der Waals surface area contributed by atoms with Crippen molar-refractivity contribution in [2.45, 2.75) is 6.92 Å². The molecule has 26 heavy (non-hydrogen) atoms. The van der Waals surface area contributed by atoms with Gasteiger partial charge in [-0.1, -0.05) is 36.4 Å². The van der Waals surface area contributed by atoms with Crippen molar-refractivity contribution in [2.24, 2.45) is 0 Å². The summed E-state index contributed by atoms with van der Waals surface area (Å²) in [5.41, 5.74) is 4.07. The van der Waals surface area contributed by atoms with Crippen LogP contribution < -0.4 is 10.1 Å². The van der Waals surface area contributed by atoms with Crippen LogP contribution in [0.1, 0.15) is 5.56 Å². The zero-order valence-electron chi connectivity index (χ0n) is 14.7. The quantitative estimate of drug-likeness (QED) is 0.543. The number of aromatic nitrogens is 2. The average Bonchev–Trinajstić information content (AvgIpc) is 2.68. The first-order valence-electron chi connectivity index (χ1n) is 8.48. The molecule has 3 aromatic carbocycles. The van der Waals surface area contributed by atoms with Crippen LogP contribution in [0.5, 0.6) is 5.75 Å². The second kappa shape index (κ2) is 6.84. The van der Waals surface area contributed by atoms with Crippen molar-refractivity contribution in [3.63, 3.8) is 0 Å². The molecule has 0 amide bonds. The molecule has 1 heterocycles. The van der Waals surface area contributed by atoms with Crippen LogP contribution in [-0.4, -0.2) is 17.3 Å². The molecule has 4 aromatic rings. The summed E-state index contributed by atoms with van der Waals surface area (Å²) in [5, 5.41) is 14.4. The van der Waals surface area contributed by atoms with Crippen molar-refractivity contribution < 1.29 is 4.74 Å². The number of hydrogen-bond acceptors (Lipinski definition) is 4. The Hall–Kier alpha value is -3.40. The molecule has 4 rings (SSSR count). The Morgan fingerprint density at radius 1 is 0.808 bits per heavy atom. The summed E-state index contributed by atoms with van der Waals surface area (Å²) in [6, 6.07) is 24.3. The maximum Gasteiger partial charge on any atom is 0.161 e. The molecule has 1 N–H and O–H groups in total. The van der Waals surface area contributed by atoms with Gasteiger partial charge in [0.15, 0.2) is 5.82 Å². The van der Waals surface area contributed by atoms with Crippen LogP contribution in [0.15, 0.2) is 72.8 Å². The van der Waals surface area contributed by atoms with Gasteiger partial charge >= 0.3 is 0 Å². The molecule has 0 saturated carbocycles. The van der Waals surface area contributed by atoms with Gasteiger partial charge in [-0.2, -0.15) is 0 Å². The summed E-state index contributed by atoms with van der Waals surface area (Å²) < 4.78 is 5.24. The fourth-order valence-corrected chi connectivity index (χ4v) is 3.02. The first kappa shape index (κ1) is 16.1. The third-order valence-electron chi connectivity index (χ3n) is 4.33. The van der Waals surface area contributed by atoms with Gasteiger partial charge in [-0.3, -0.25) is 0 Å². The summed E-state index contributed by atoms with van der Waals surface area (Å²) in [4.78, 5) is 0. The molecule has 0 aliphatic carbocycles. The number of nitrogens with zero attached hydrogens (tertiary/aromatic N) is 2. The Labute approximate surface area is 152 Å². The number of hydrogen-bond donors (Lipinski definition) is 1. The van der Waals surface area contributed by atoms with Crippen molar-refractivity contribution in [1.82, 2.24) is 10.2 Å². The number of nitrogens with one attached hydrogen (secondary N) is 1. The van der Waals surface area contributed by atoms with Crippen LogP contribution in [-0.2, 0) is 0 Å². The van der Waals surface area contributed by atoms with Gasteiger partial charge in [0.25, 0.3) is 0 Å². The molecule has 0 fully saturated rings. The van der Waals surface area contributed by atoms with E-state index in [-0.39, 0.29) is 0 Å². The van der Waals surface area contributed by atoms with Crippen LogP contribution in [0, 0.1) is 6.92 Å². The van der Waals surface area contributed by atoms with Gasteiger partial charge in [0.05, 0.1) is 7.11 Å². The van der Waals surface area contributed by atoms with Gasteiger partial charge in [0.1, 0.15) is 11.4 Å². The summed E-state index contributed by atoms with van der Waals surface area (Å²) >= 11 is 0. The van der Waals surface area contributed by atoms with Crippen molar-refractivity contribution in [1.29, 1.82) is 0 Å². The largest absolute Gasteiger partial charge is 0.497 e. The summed E-state index contributed by atoms with van der Waals surface area (Å²) in [5.74, 6) is 1.58. The molecule has 0 radical (unpaired) electrons. The van der Waals surface area contributed by atoms with E-state index in [4.69, 9.17) is 4.74 Å². The maximum absolute atomic E-state index is 5.24. The lowest BCUT2D eigenvalue weighted by Crippen LogP contribution is -1.99. The average molecular weight is 341 g/mol. The van der Waals surface area contributed by atoms with Crippen molar-refractivity contribution >= 4 is 22.3 Å². The van der Waals surface area contributed by atoms with Crippen LogP contribution in [0.4, 0.5) is 11.5 Å². The topological polar surface area (TPSA) is 47.0 Å². The van der Waals surface area contributed by atoms with Crippen LogP contribution in [0.3, 0.4) is 0 Å². The molecular weight excluding hydrogens is 322 g/mol. The van der Waals surface area contributed by atoms with Crippen LogP contribution in [0.2, 0.25) is 0 Å². The Kier molecular flexibility index (Phi) is 4.23. The van der Waals surface area contributed by atoms with E-state index in [2.05, 4.69) is 46.7 Å². The summed E-state index contributed by atoms with van der Waals surface area (Å²) in [7, 11) is 1.66. The molecule has 0 unspecified atom stereocenters. The molecule has 1 aromatic heterocycles. The van der Waals surface area contributed by atoms with Gasteiger partial charge in [-0.25, -0.2) is 0 Å². The lowest BCUT2D eigenvalue weighted by molar-refractivity contribution is 0.415. The van der Waals surface area contributed by atoms with E-state index in [9.17, 15) is 0 Å². The molecule has 0 bridgehead atoms. The van der Waals surface area contributed by atoms with Gasteiger partial charge in [-0.05, 0) is 48.9 Å². The Bertz CT molecular complexity index is 1060. The first-order valence-corrected chi connectivity index (χ1v) is 8.48. The normalized spacial score (nSPS) is 10.7. The number of fused-ring (bicyclic) bond motifs is 1. The van der Waals surface area contributed by atoms with Gasteiger partial charge < -0.3 is 10.1 Å². The van der Waals surface area contributed by atoms with Gasteiger partial charge in [0, 0.05) is 22.0 Å². The van der Waals surface area contributed by atoms with E-state index in [1.807, 2.05) is 48.5 Å². The third-order valence-corrected chi connectivity index (χ3v) is 4.33. The lowest BCUT2D eigenvalue weighted by Gasteiger charge is -2.12. The Morgan fingerprint density at radius 3 is 2.31 bits per heavy atom. The molecule has 128 valence electrons. The van der Waals surface area contributed by atoms with Gasteiger partial charge in [0.2, 0.25) is 0 Å². The van der Waals surface area contributed by atoms with Crippen molar-refractivity contribution in [3.8, 4) is 17.0 Å². The van der Waals surface area contributed by atoms with E-state index in [1.165, 1.54) is 5.56 Å². The standard InChI is InChI=1S/C22H19N3O/c1-15-6-5-7-17(14-15)23-22-20-9-4-3-8-19(20)21(24-25-22)16-10-12-18(26-2)13-11-16/h3-14H,1-2H3,(H,23,25). The predicted molar refractivity (Wildman–Crippen MR) is 106 cm³/mol. The Morgan fingerprint density at radius 2 is 1.58 bits per heavy atom. The minimum Gasteiger partial charge on any atom is -0.497 e. The second-order valence-corrected chi connectivity index (χ2v) is 6.17. The smallest absolute Gasteiger partial charge is 0.161 e. The summed E-state index contributed by atoms with van der Waals surface area (Å²) in [6.07, 6.45) is 0. The lowest BCUT2D eigenvalue weighted by atomic mass is 10.0. The van der Waals surface area contributed by atoms with Crippen LogP contribution >= 0.6 is 0 Å². The fourth-order valence-electron chi connectivity index (χ4n) is 3.02. The molecular formula is C22H19N3O. The first-order chi connectivity index (χ1) is 12.7. The highest BCUT2D eigenvalue weighted by molar-refractivity contribution is 6.00. The molecule has 0 spiro atoms. The Balaban J connectivity index is 1.80. The number of aryl methyl sites for hydroxylation is 1. The van der Waals surface area contributed by atoms with E-state index in [1.54, 1.807) is 7.11 Å². The zero-order chi connectivity index (χ0) is 17.9. The summed E-state index contributed by atoms with van der Waals surface area (Å²) in [6.45, 7) is 2.07. The predicted octanol–water partition coefficient (Wildman–Crippen LogP) is 5.36.